The number of hydrogen-bond acceptors (Lipinski definition) is 5. The van der Waals surface area contributed by atoms with Crippen LogP contribution in [0.1, 0.15) is 90.0 Å². The second-order valence-corrected chi connectivity index (χ2v) is 11.2. The van der Waals surface area contributed by atoms with E-state index in [4.69, 9.17) is 0 Å². The molecule has 0 spiro atoms. The fourth-order valence-electron chi connectivity index (χ4n) is 6.90. The van der Waals surface area contributed by atoms with E-state index in [1.54, 1.807) is 6.07 Å². The second kappa shape index (κ2) is 12.6. The Bertz CT molecular complexity index is 1090. The van der Waals surface area contributed by atoms with Gasteiger partial charge in [0.25, 0.3) is 0 Å². The SMILES string of the molecule is CCCC1=C([C@H](O)CC/C(=C/c2ccc(O)c(F)c2)CC)[C@H](CO)[C@@H]2C(=O)N(C3CCCCC3)C(=O)[C@@H]2C1. The molecule has 38 heavy (non-hydrogen) atoms. The molecule has 6 nitrogen and oxygen atoms in total. The number of carbonyl (C=O) groups is 2. The number of aliphatic hydroxyl groups excluding tert-OH is 2. The zero-order valence-corrected chi connectivity index (χ0v) is 22.7. The van der Waals surface area contributed by atoms with Crippen molar-refractivity contribution in [1.29, 1.82) is 0 Å². The van der Waals surface area contributed by atoms with Crippen molar-refractivity contribution in [2.45, 2.75) is 96.6 Å². The molecule has 2 fully saturated rings. The molecule has 0 unspecified atom stereocenters. The van der Waals surface area contributed by atoms with E-state index in [1.807, 2.05) is 13.0 Å². The molecule has 1 saturated carbocycles. The summed E-state index contributed by atoms with van der Waals surface area (Å²) in [5.41, 5.74) is 3.42. The highest BCUT2D eigenvalue weighted by molar-refractivity contribution is 6.06. The van der Waals surface area contributed by atoms with Crippen LogP contribution in [0.15, 0.2) is 34.9 Å². The lowest BCUT2D eigenvalue weighted by Crippen LogP contribution is -2.42. The van der Waals surface area contributed by atoms with Gasteiger partial charge in [0.05, 0.1) is 24.5 Å². The number of fused-ring (bicyclic) bond motifs is 1. The van der Waals surface area contributed by atoms with Crippen LogP contribution in [0, 0.1) is 23.6 Å². The summed E-state index contributed by atoms with van der Waals surface area (Å²) in [6.07, 6.45) is 9.64. The number of nitrogens with zero attached hydrogens (tertiary/aromatic N) is 1. The molecule has 0 aromatic heterocycles. The number of likely N-dealkylation sites (tertiary alicyclic amines) is 1. The molecular formula is C31H42FNO5. The van der Waals surface area contributed by atoms with Gasteiger partial charge in [-0.2, -0.15) is 0 Å². The summed E-state index contributed by atoms with van der Waals surface area (Å²) in [7, 11) is 0. The number of phenols is 1. The van der Waals surface area contributed by atoms with Crippen molar-refractivity contribution < 1.29 is 29.3 Å². The first-order valence-corrected chi connectivity index (χ1v) is 14.4. The van der Waals surface area contributed by atoms with Crippen LogP contribution in [0.2, 0.25) is 0 Å². The molecule has 0 radical (unpaired) electrons. The maximum absolute atomic E-state index is 13.8. The van der Waals surface area contributed by atoms with Gasteiger partial charge in [-0.1, -0.05) is 62.8 Å². The van der Waals surface area contributed by atoms with Crippen LogP contribution < -0.4 is 0 Å². The predicted octanol–water partition coefficient (Wildman–Crippen LogP) is 5.51. The van der Waals surface area contributed by atoms with Gasteiger partial charge in [-0.15, -0.1) is 0 Å². The average Bonchev–Trinajstić information content (AvgIpc) is 3.17. The van der Waals surface area contributed by atoms with Gasteiger partial charge < -0.3 is 15.3 Å². The monoisotopic (exact) mass is 527 g/mol. The molecule has 0 bridgehead atoms. The van der Waals surface area contributed by atoms with Crippen molar-refractivity contribution in [3.05, 3.63) is 46.3 Å². The van der Waals surface area contributed by atoms with E-state index in [1.165, 1.54) is 17.0 Å². The van der Waals surface area contributed by atoms with Crippen molar-refractivity contribution in [3.8, 4) is 5.75 Å². The summed E-state index contributed by atoms with van der Waals surface area (Å²) in [5, 5.41) is 31.4. The van der Waals surface area contributed by atoms with Crippen LogP contribution in [0.4, 0.5) is 4.39 Å². The van der Waals surface area contributed by atoms with Crippen molar-refractivity contribution in [2.75, 3.05) is 6.61 Å². The lowest BCUT2D eigenvalue weighted by molar-refractivity contribution is -0.143. The normalized spacial score (nSPS) is 25.8. The molecule has 208 valence electrons. The van der Waals surface area contributed by atoms with Gasteiger partial charge in [-0.25, -0.2) is 4.39 Å². The van der Waals surface area contributed by atoms with Gasteiger partial charge in [0.2, 0.25) is 11.8 Å². The van der Waals surface area contributed by atoms with E-state index in [0.717, 1.165) is 61.7 Å². The number of benzene rings is 1. The molecule has 1 aliphatic heterocycles. The summed E-state index contributed by atoms with van der Waals surface area (Å²) in [6.45, 7) is 3.78. The summed E-state index contributed by atoms with van der Waals surface area (Å²) < 4.78 is 13.8. The van der Waals surface area contributed by atoms with E-state index < -0.39 is 35.4 Å². The number of rotatable bonds is 10. The fourth-order valence-corrected chi connectivity index (χ4v) is 6.90. The van der Waals surface area contributed by atoms with Crippen molar-refractivity contribution in [1.82, 2.24) is 4.90 Å². The molecule has 3 N–H and O–H groups in total. The quantitative estimate of drug-likeness (QED) is 0.275. The number of phenolic OH excluding ortho intramolecular Hbond substituents is 1. The molecule has 2 amide bonds. The largest absolute Gasteiger partial charge is 0.505 e. The molecule has 3 aliphatic rings. The first-order valence-electron chi connectivity index (χ1n) is 14.4. The van der Waals surface area contributed by atoms with Crippen LogP contribution in [0.3, 0.4) is 0 Å². The molecular weight excluding hydrogens is 485 g/mol. The Morgan fingerprint density at radius 2 is 1.89 bits per heavy atom. The summed E-state index contributed by atoms with van der Waals surface area (Å²) in [4.78, 5) is 28.7. The van der Waals surface area contributed by atoms with Crippen LogP contribution in [-0.2, 0) is 9.59 Å². The smallest absolute Gasteiger partial charge is 0.234 e. The van der Waals surface area contributed by atoms with Crippen molar-refractivity contribution >= 4 is 17.9 Å². The van der Waals surface area contributed by atoms with Crippen LogP contribution in [-0.4, -0.2) is 50.8 Å². The molecule has 1 aromatic carbocycles. The maximum atomic E-state index is 13.8. The lowest BCUT2D eigenvalue weighted by Gasteiger charge is -2.36. The number of carbonyl (C=O) groups excluding carboxylic acids is 2. The second-order valence-electron chi connectivity index (χ2n) is 11.2. The third-order valence-electron chi connectivity index (χ3n) is 8.80. The topological polar surface area (TPSA) is 98.1 Å². The lowest BCUT2D eigenvalue weighted by atomic mass is 9.67. The van der Waals surface area contributed by atoms with Gasteiger partial charge in [0, 0.05) is 12.0 Å². The Hall–Kier alpha value is -2.51. The fraction of sp³-hybridized carbons (Fsp3) is 0.613. The molecule has 7 heteroatoms. The molecule has 4 rings (SSSR count). The van der Waals surface area contributed by atoms with Crippen LogP contribution in [0.5, 0.6) is 5.75 Å². The predicted molar refractivity (Wildman–Crippen MR) is 144 cm³/mol. The molecule has 4 atom stereocenters. The summed E-state index contributed by atoms with van der Waals surface area (Å²) in [6, 6.07) is 4.22. The molecule has 1 heterocycles. The Morgan fingerprint density at radius 3 is 2.53 bits per heavy atom. The van der Waals surface area contributed by atoms with Crippen molar-refractivity contribution in [3.63, 3.8) is 0 Å². The Kier molecular flexibility index (Phi) is 9.42. The third-order valence-corrected chi connectivity index (χ3v) is 8.80. The van der Waals surface area contributed by atoms with Gasteiger partial charge in [0.15, 0.2) is 11.6 Å². The third kappa shape index (κ3) is 5.74. The average molecular weight is 528 g/mol. The first-order chi connectivity index (χ1) is 18.3. The van der Waals surface area contributed by atoms with Gasteiger partial charge in [-0.3, -0.25) is 14.5 Å². The Balaban J connectivity index is 1.56. The zero-order chi connectivity index (χ0) is 27.4. The number of halogens is 1. The Morgan fingerprint density at radius 1 is 1.16 bits per heavy atom. The minimum Gasteiger partial charge on any atom is -0.505 e. The Labute approximate surface area is 225 Å². The van der Waals surface area contributed by atoms with E-state index in [-0.39, 0.29) is 24.5 Å². The van der Waals surface area contributed by atoms with E-state index in [9.17, 15) is 29.3 Å². The number of allylic oxidation sites excluding steroid dienone is 2. The summed E-state index contributed by atoms with van der Waals surface area (Å²) in [5.74, 6) is -2.95. The zero-order valence-electron chi connectivity index (χ0n) is 22.7. The number of amides is 2. The number of hydrogen-bond donors (Lipinski definition) is 3. The minimum atomic E-state index is -0.840. The highest BCUT2D eigenvalue weighted by Crippen LogP contribution is 2.48. The molecule has 1 saturated heterocycles. The van der Waals surface area contributed by atoms with Crippen LogP contribution in [0.25, 0.3) is 6.08 Å². The van der Waals surface area contributed by atoms with Crippen molar-refractivity contribution in [2.24, 2.45) is 17.8 Å². The van der Waals surface area contributed by atoms with Gasteiger partial charge >= 0.3 is 0 Å². The summed E-state index contributed by atoms with van der Waals surface area (Å²) >= 11 is 0. The van der Waals surface area contributed by atoms with Gasteiger partial charge in [0.1, 0.15) is 0 Å². The molecule has 2 aliphatic carbocycles. The first kappa shape index (κ1) is 28.5. The van der Waals surface area contributed by atoms with Gasteiger partial charge in [-0.05, 0) is 68.2 Å². The highest BCUT2D eigenvalue weighted by atomic mass is 19.1. The standard InChI is InChI=1S/C31H42FNO5/c1-3-8-21-17-23-29(31(38)33(30(23)37)22-9-6-5-7-10-22)24(18-34)28(21)27(36)14-11-19(4-2)15-20-12-13-26(35)25(32)16-20/h12-13,15-16,22-24,27,29,34-36H,3-11,14,17-18H2,1-2H3/b19-15+/t23-,24+,27-,29-/m1/s1. The number of aromatic hydroxyl groups is 1. The maximum Gasteiger partial charge on any atom is 0.234 e. The minimum absolute atomic E-state index is 0.0429. The number of aliphatic hydroxyl groups is 2. The highest BCUT2D eigenvalue weighted by Gasteiger charge is 2.56. The number of imide groups is 1. The van der Waals surface area contributed by atoms with E-state index >= 15 is 0 Å². The van der Waals surface area contributed by atoms with E-state index in [2.05, 4.69) is 6.92 Å². The molecule has 1 aromatic rings. The van der Waals surface area contributed by atoms with Crippen LogP contribution >= 0.6 is 0 Å². The van der Waals surface area contributed by atoms with E-state index in [0.29, 0.717) is 31.2 Å².